The van der Waals surface area contributed by atoms with Crippen molar-refractivity contribution in [2.45, 2.75) is 31.9 Å². The number of alkyl halides is 3. The summed E-state index contributed by atoms with van der Waals surface area (Å²) in [6.45, 7) is -1.25. The highest BCUT2D eigenvalue weighted by Gasteiger charge is 2.39. The van der Waals surface area contributed by atoms with Crippen LogP contribution in [0, 0.1) is 5.82 Å². The number of aromatic nitrogens is 6. The predicted molar refractivity (Wildman–Crippen MR) is 147 cm³/mol. The van der Waals surface area contributed by atoms with Gasteiger partial charge in [0.1, 0.15) is 18.7 Å². The molecule has 0 spiro atoms. The lowest BCUT2D eigenvalue weighted by Crippen LogP contribution is -2.37. The Labute approximate surface area is 245 Å². The standard InChI is InChI=1S/C28H22ClF4N7O3/c29-19-9-7-18(8-10-19)25-37-39(27(43)38(25)14-23(41)28(31,32)33)15-24-35-16-40(36-24)22-4-2-1-3-21(22)26(42)34-13-17-5-11-20(30)12-6-17/h1-12,16,23,41H,13-15H2,(H,34,42). The maximum absolute atomic E-state index is 13.2. The van der Waals surface area contributed by atoms with Crippen molar-refractivity contribution in [3.8, 4) is 17.1 Å². The molecule has 1 amide bonds. The van der Waals surface area contributed by atoms with E-state index in [1.807, 2.05) is 0 Å². The summed E-state index contributed by atoms with van der Waals surface area (Å²) in [5.74, 6) is -0.862. The van der Waals surface area contributed by atoms with Gasteiger partial charge in [0, 0.05) is 17.1 Å². The van der Waals surface area contributed by atoms with E-state index in [1.54, 1.807) is 36.4 Å². The molecule has 2 heterocycles. The number of aliphatic hydroxyl groups is 1. The molecule has 5 rings (SSSR count). The molecular formula is C28H22ClF4N7O3. The van der Waals surface area contributed by atoms with Crippen molar-refractivity contribution in [3.05, 3.63) is 117 Å². The fourth-order valence-corrected chi connectivity index (χ4v) is 4.29. The number of aliphatic hydroxyl groups excluding tert-OH is 1. The highest BCUT2D eigenvalue weighted by atomic mass is 35.5. The summed E-state index contributed by atoms with van der Waals surface area (Å²) in [5.41, 5.74) is 0.694. The second-order valence-corrected chi connectivity index (χ2v) is 9.81. The van der Waals surface area contributed by atoms with Gasteiger partial charge in [0.15, 0.2) is 17.8 Å². The van der Waals surface area contributed by atoms with E-state index in [9.17, 15) is 32.3 Å². The second-order valence-electron chi connectivity index (χ2n) is 9.37. The maximum atomic E-state index is 13.2. The Balaban J connectivity index is 1.40. The van der Waals surface area contributed by atoms with Gasteiger partial charge >= 0.3 is 11.9 Å². The summed E-state index contributed by atoms with van der Waals surface area (Å²) in [5, 5.41) is 21.3. The van der Waals surface area contributed by atoms with Crippen LogP contribution in [-0.2, 0) is 19.6 Å². The van der Waals surface area contributed by atoms with Crippen LogP contribution < -0.4 is 11.0 Å². The molecule has 2 N–H and O–H groups in total. The molecule has 1 atom stereocenters. The monoisotopic (exact) mass is 615 g/mol. The third kappa shape index (κ3) is 6.81. The Morgan fingerprint density at radius 1 is 1.00 bits per heavy atom. The van der Waals surface area contributed by atoms with E-state index < -0.39 is 36.2 Å². The Bertz CT molecular complexity index is 1800. The van der Waals surface area contributed by atoms with Crippen LogP contribution in [0.25, 0.3) is 17.1 Å². The fourth-order valence-electron chi connectivity index (χ4n) is 4.16. The minimum atomic E-state index is -4.96. The quantitative estimate of drug-likeness (QED) is 0.242. The van der Waals surface area contributed by atoms with Crippen molar-refractivity contribution in [2.24, 2.45) is 0 Å². The molecule has 0 radical (unpaired) electrons. The van der Waals surface area contributed by atoms with Gasteiger partial charge in [-0.2, -0.15) is 13.2 Å². The minimum Gasteiger partial charge on any atom is -0.382 e. The van der Waals surface area contributed by atoms with E-state index in [1.165, 1.54) is 47.4 Å². The first-order valence-electron chi connectivity index (χ1n) is 12.7. The third-order valence-electron chi connectivity index (χ3n) is 6.35. The SMILES string of the molecule is O=C(NCc1ccc(F)cc1)c1ccccc1-n1cnc(Cn2nc(-c3ccc(Cl)cc3)n(CC(O)C(F)(F)F)c2=O)n1. The van der Waals surface area contributed by atoms with Crippen LogP contribution >= 0.6 is 11.6 Å². The zero-order valence-electron chi connectivity index (χ0n) is 22.0. The average Bonchev–Trinajstić information content (AvgIpc) is 3.57. The molecule has 2 aromatic heterocycles. The number of para-hydroxylation sites is 1. The van der Waals surface area contributed by atoms with Crippen molar-refractivity contribution >= 4 is 17.5 Å². The van der Waals surface area contributed by atoms with Gasteiger partial charge in [-0.3, -0.25) is 9.36 Å². The molecule has 43 heavy (non-hydrogen) atoms. The molecule has 0 bridgehead atoms. The summed E-state index contributed by atoms with van der Waals surface area (Å²) in [7, 11) is 0. The molecular weight excluding hydrogens is 594 g/mol. The van der Waals surface area contributed by atoms with Crippen LogP contribution in [-0.4, -0.2) is 52.4 Å². The molecule has 0 aliphatic rings. The van der Waals surface area contributed by atoms with E-state index in [4.69, 9.17) is 11.6 Å². The zero-order chi connectivity index (χ0) is 30.7. The summed E-state index contributed by atoms with van der Waals surface area (Å²) in [6, 6.07) is 18.2. The summed E-state index contributed by atoms with van der Waals surface area (Å²) in [6.07, 6.45) is -6.45. The summed E-state index contributed by atoms with van der Waals surface area (Å²) >= 11 is 5.92. The first-order chi connectivity index (χ1) is 20.5. The van der Waals surface area contributed by atoms with Gasteiger partial charge in [0.25, 0.3) is 5.91 Å². The number of nitrogens with one attached hydrogen (secondary N) is 1. The fraction of sp³-hybridized carbons (Fsp3) is 0.179. The number of hydrogen-bond donors (Lipinski definition) is 2. The number of nitrogens with zero attached hydrogens (tertiary/aromatic N) is 6. The van der Waals surface area contributed by atoms with Gasteiger partial charge in [0.05, 0.1) is 17.8 Å². The first-order valence-corrected chi connectivity index (χ1v) is 13.1. The molecule has 0 fully saturated rings. The molecule has 1 unspecified atom stereocenters. The number of carbonyl (C=O) groups is 1. The third-order valence-corrected chi connectivity index (χ3v) is 6.60. The normalized spacial score (nSPS) is 12.3. The Morgan fingerprint density at radius 2 is 1.70 bits per heavy atom. The van der Waals surface area contributed by atoms with Crippen molar-refractivity contribution in [1.82, 2.24) is 34.4 Å². The van der Waals surface area contributed by atoms with Gasteiger partial charge in [-0.15, -0.1) is 10.2 Å². The number of carbonyl (C=O) groups excluding carboxylic acids is 1. The van der Waals surface area contributed by atoms with Crippen LogP contribution in [0.4, 0.5) is 17.6 Å². The molecule has 0 saturated carbocycles. The Morgan fingerprint density at radius 3 is 2.40 bits per heavy atom. The first kappa shape index (κ1) is 29.7. The molecule has 222 valence electrons. The van der Waals surface area contributed by atoms with Crippen LogP contribution in [0.2, 0.25) is 5.02 Å². The summed E-state index contributed by atoms with van der Waals surface area (Å²) < 4.78 is 55.5. The second kappa shape index (κ2) is 12.2. The van der Waals surface area contributed by atoms with Gasteiger partial charge in [-0.25, -0.2) is 23.5 Å². The van der Waals surface area contributed by atoms with E-state index in [0.29, 0.717) is 21.8 Å². The van der Waals surface area contributed by atoms with Crippen molar-refractivity contribution in [1.29, 1.82) is 0 Å². The van der Waals surface area contributed by atoms with Crippen molar-refractivity contribution in [3.63, 3.8) is 0 Å². The van der Waals surface area contributed by atoms with E-state index in [2.05, 4.69) is 20.5 Å². The van der Waals surface area contributed by atoms with Crippen LogP contribution in [0.5, 0.6) is 0 Å². The largest absolute Gasteiger partial charge is 0.416 e. The number of rotatable bonds is 9. The van der Waals surface area contributed by atoms with E-state index in [0.717, 1.165) is 9.25 Å². The molecule has 3 aromatic carbocycles. The number of benzene rings is 3. The number of halogens is 5. The lowest BCUT2D eigenvalue weighted by Gasteiger charge is -2.15. The number of hydrogen-bond acceptors (Lipinski definition) is 6. The molecule has 10 nitrogen and oxygen atoms in total. The highest BCUT2D eigenvalue weighted by Crippen LogP contribution is 2.24. The van der Waals surface area contributed by atoms with Gasteiger partial charge < -0.3 is 10.4 Å². The van der Waals surface area contributed by atoms with E-state index >= 15 is 0 Å². The molecule has 5 aromatic rings. The highest BCUT2D eigenvalue weighted by molar-refractivity contribution is 6.30. The van der Waals surface area contributed by atoms with Crippen molar-refractivity contribution in [2.75, 3.05) is 0 Å². The smallest absolute Gasteiger partial charge is 0.382 e. The van der Waals surface area contributed by atoms with E-state index in [-0.39, 0.29) is 30.3 Å². The van der Waals surface area contributed by atoms with Crippen LogP contribution in [0.15, 0.2) is 83.9 Å². The topological polar surface area (TPSA) is 120 Å². The molecule has 0 aliphatic heterocycles. The molecule has 0 saturated heterocycles. The van der Waals surface area contributed by atoms with Gasteiger partial charge in [-0.05, 0) is 54.1 Å². The lowest BCUT2D eigenvalue weighted by atomic mass is 10.1. The van der Waals surface area contributed by atoms with Crippen molar-refractivity contribution < 1.29 is 27.5 Å². The van der Waals surface area contributed by atoms with Crippen LogP contribution in [0.1, 0.15) is 21.7 Å². The average molecular weight is 616 g/mol. The predicted octanol–water partition coefficient (Wildman–Crippen LogP) is 3.99. The van der Waals surface area contributed by atoms with Gasteiger partial charge in [0.2, 0.25) is 0 Å². The molecule has 15 heteroatoms. The Kier molecular flexibility index (Phi) is 8.41. The zero-order valence-corrected chi connectivity index (χ0v) is 22.8. The number of amides is 1. The summed E-state index contributed by atoms with van der Waals surface area (Å²) in [4.78, 5) is 30.3. The maximum Gasteiger partial charge on any atom is 0.416 e. The minimum absolute atomic E-state index is 0.0762. The molecule has 0 aliphatic carbocycles. The lowest BCUT2D eigenvalue weighted by molar-refractivity contribution is -0.207. The van der Waals surface area contributed by atoms with Gasteiger partial charge in [-0.1, -0.05) is 35.9 Å². The van der Waals surface area contributed by atoms with Crippen LogP contribution in [0.3, 0.4) is 0 Å². The Hall–Kier alpha value is -4.82.